The van der Waals surface area contributed by atoms with Gasteiger partial charge in [0, 0.05) is 34.3 Å². The molecule has 1 N–H and O–H groups in total. The van der Waals surface area contributed by atoms with Crippen LogP contribution in [0.5, 0.6) is 0 Å². The Kier molecular flexibility index (Phi) is 7.26. The number of rotatable bonds is 6. The first-order valence-electron chi connectivity index (χ1n) is 10.7. The largest absolute Gasteiger partial charge is 0.325 e. The van der Waals surface area contributed by atoms with Gasteiger partial charge >= 0.3 is 0 Å². The summed E-state index contributed by atoms with van der Waals surface area (Å²) < 4.78 is 0. The minimum atomic E-state index is -0.170. The molecule has 1 saturated heterocycles. The number of carbonyl (C=O) groups excluding carboxylic acids is 2. The third-order valence-electron chi connectivity index (χ3n) is 5.72. The third-order valence-corrected chi connectivity index (χ3v) is 6.20. The molecule has 4 nitrogen and oxygen atoms in total. The number of hydrogen-bond donors (Lipinski definition) is 1. The third kappa shape index (κ3) is 5.57. The zero-order valence-electron chi connectivity index (χ0n) is 17.6. The van der Waals surface area contributed by atoms with Crippen LogP contribution in [-0.4, -0.2) is 29.7 Å². The van der Waals surface area contributed by atoms with Gasteiger partial charge in [0.05, 0.1) is 11.6 Å². The maximum Gasteiger partial charge on any atom is 0.228 e. The lowest BCUT2D eigenvalue weighted by molar-refractivity contribution is -0.121. The number of anilines is 1. The second-order valence-electron chi connectivity index (χ2n) is 8.08. The van der Waals surface area contributed by atoms with Gasteiger partial charge in [-0.25, -0.2) is 0 Å². The first kappa shape index (κ1) is 22.5. The van der Waals surface area contributed by atoms with Crippen molar-refractivity contribution < 1.29 is 9.59 Å². The van der Waals surface area contributed by atoms with Crippen molar-refractivity contribution in [3.8, 4) is 0 Å². The summed E-state index contributed by atoms with van der Waals surface area (Å²) in [5.41, 5.74) is 2.61. The SMILES string of the molecule is O=C(c1ccccc1)c1cc(Cl)ccc1NC(=O)[C@@H]1CCCN(Cc2ccc(Cl)cc2)C1. The van der Waals surface area contributed by atoms with Crippen LogP contribution >= 0.6 is 23.2 Å². The molecule has 1 fully saturated rings. The topological polar surface area (TPSA) is 49.4 Å². The highest BCUT2D eigenvalue weighted by Crippen LogP contribution is 2.26. The van der Waals surface area contributed by atoms with Crippen LogP contribution < -0.4 is 5.32 Å². The standard InChI is InChI=1S/C26H24Cl2N2O2/c27-21-10-8-18(9-11-21)16-30-14-4-7-20(17-30)26(32)29-24-13-12-22(28)15-23(24)25(31)19-5-2-1-3-6-19/h1-3,5-6,8-13,15,20H,4,7,14,16-17H2,(H,29,32)/t20-/m1/s1. The van der Waals surface area contributed by atoms with Crippen LogP contribution in [0.4, 0.5) is 5.69 Å². The van der Waals surface area contributed by atoms with Crippen molar-refractivity contribution in [1.29, 1.82) is 0 Å². The first-order chi connectivity index (χ1) is 15.5. The van der Waals surface area contributed by atoms with Gasteiger partial charge in [0.1, 0.15) is 0 Å². The van der Waals surface area contributed by atoms with E-state index in [2.05, 4.69) is 10.2 Å². The summed E-state index contributed by atoms with van der Waals surface area (Å²) in [7, 11) is 0. The Bertz CT molecular complexity index is 1100. The van der Waals surface area contributed by atoms with Crippen molar-refractivity contribution in [3.63, 3.8) is 0 Å². The Labute approximate surface area is 198 Å². The highest BCUT2D eigenvalue weighted by atomic mass is 35.5. The quantitative estimate of drug-likeness (QED) is 0.448. The smallest absolute Gasteiger partial charge is 0.228 e. The molecule has 164 valence electrons. The van der Waals surface area contributed by atoms with Crippen LogP contribution in [-0.2, 0) is 11.3 Å². The number of nitrogens with one attached hydrogen (secondary N) is 1. The molecule has 1 aliphatic heterocycles. The van der Waals surface area contributed by atoms with Gasteiger partial charge in [-0.1, -0.05) is 65.7 Å². The lowest BCUT2D eigenvalue weighted by atomic mass is 9.96. The van der Waals surface area contributed by atoms with E-state index in [1.54, 1.807) is 30.3 Å². The van der Waals surface area contributed by atoms with Crippen LogP contribution in [0, 0.1) is 5.92 Å². The molecule has 4 rings (SSSR count). The molecule has 1 heterocycles. The number of hydrogen-bond acceptors (Lipinski definition) is 3. The molecule has 0 spiro atoms. The number of piperidine rings is 1. The Morgan fingerprint density at radius 1 is 0.938 bits per heavy atom. The highest BCUT2D eigenvalue weighted by Gasteiger charge is 2.27. The van der Waals surface area contributed by atoms with Gasteiger partial charge in [-0.15, -0.1) is 0 Å². The van der Waals surface area contributed by atoms with E-state index in [0.29, 0.717) is 33.4 Å². The summed E-state index contributed by atoms with van der Waals surface area (Å²) in [6.07, 6.45) is 1.76. The molecule has 0 saturated carbocycles. The Morgan fingerprint density at radius 2 is 1.66 bits per heavy atom. The van der Waals surface area contributed by atoms with Crippen LogP contribution in [0.2, 0.25) is 10.0 Å². The second-order valence-corrected chi connectivity index (χ2v) is 8.95. The number of ketones is 1. The number of likely N-dealkylation sites (tertiary alicyclic amines) is 1. The normalized spacial score (nSPS) is 16.5. The van der Waals surface area contributed by atoms with E-state index in [1.807, 2.05) is 42.5 Å². The van der Waals surface area contributed by atoms with E-state index in [-0.39, 0.29) is 17.6 Å². The number of carbonyl (C=O) groups is 2. The summed E-state index contributed by atoms with van der Waals surface area (Å²) >= 11 is 12.1. The minimum Gasteiger partial charge on any atom is -0.325 e. The van der Waals surface area contributed by atoms with Gasteiger partial charge in [-0.05, 0) is 55.3 Å². The minimum absolute atomic E-state index is 0.0739. The fourth-order valence-electron chi connectivity index (χ4n) is 4.05. The van der Waals surface area contributed by atoms with Crippen molar-refractivity contribution in [2.24, 2.45) is 5.92 Å². The highest BCUT2D eigenvalue weighted by molar-refractivity contribution is 6.31. The molecular weight excluding hydrogens is 443 g/mol. The Hall–Kier alpha value is -2.66. The van der Waals surface area contributed by atoms with Gasteiger partial charge in [-0.3, -0.25) is 14.5 Å². The first-order valence-corrected chi connectivity index (χ1v) is 11.4. The molecule has 3 aromatic rings. The summed E-state index contributed by atoms with van der Waals surface area (Å²) in [4.78, 5) is 28.4. The van der Waals surface area contributed by atoms with E-state index in [0.717, 1.165) is 25.9 Å². The van der Waals surface area contributed by atoms with Crippen LogP contribution in [0.25, 0.3) is 0 Å². The van der Waals surface area contributed by atoms with Gasteiger partial charge < -0.3 is 5.32 Å². The summed E-state index contributed by atoms with van der Waals surface area (Å²) in [6.45, 7) is 2.40. The Morgan fingerprint density at radius 3 is 2.41 bits per heavy atom. The molecule has 0 aromatic heterocycles. The van der Waals surface area contributed by atoms with E-state index in [9.17, 15) is 9.59 Å². The average molecular weight is 467 g/mol. The lowest BCUT2D eigenvalue weighted by Crippen LogP contribution is -2.40. The molecule has 0 radical (unpaired) electrons. The average Bonchev–Trinajstić information content (AvgIpc) is 2.82. The van der Waals surface area contributed by atoms with E-state index < -0.39 is 0 Å². The van der Waals surface area contributed by atoms with Crippen LogP contribution in [0.15, 0.2) is 72.8 Å². The fourth-order valence-corrected chi connectivity index (χ4v) is 4.35. The van der Waals surface area contributed by atoms with Crippen molar-refractivity contribution >= 4 is 40.6 Å². The van der Waals surface area contributed by atoms with Crippen molar-refractivity contribution in [2.75, 3.05) is 18.4 Å². The molecule has 6 heteroatoms. The predicted octanol–water partition coefficient (Wildman–Crippen LogP) is 6.08. The number of halogens is 2. The molecule has 0 bridgehead atoms. The van der Waals surface area contributed by atoms with Gasteiger partial charge in [0.25, 0.3) is 0 Å². The Balaban J connectivity index is 1.46. The summed E-state index contributed by atoms with van der Waals surface area (Å²) in [6, 6.07) is 21.8. The second kappa shape index (κ2) is 10.3. The molecule has 0 aliphatic carbocycles. The van der Waals surface area contributed by atoms with E-state index in [4.69, 9.17) is 23.2 Å². The fraction of sp³-hybridized carbons (Fsp3) is 0.231. The summed E-state index contributed by atoms with van der Waals surface area (Å²) in [5.74, 6) is -0.391. The van der Waals surface area contributed by atoms with E-state index in [1.165, 1.54) is 5.56 Å². The van der Waals surface area contributed by atoms with Crippen molar-refractivity contribution in [3.05, 3.63) is 99.5 Å². The molecule has 32 heavy (non-hydrogen) atoms. The molecule has 1 atom stereocenters. The molecule has 3 aromatic carbocycles. The van der Waals surface area contributed by atoms with Gasteiger partial charge in [0.15, 0.2) is 5.78 Å². The van der Waals surface area contributed by atoms with Crippen molar-refractivity contribution in [1.82, 2.24) is 4.90 Å². The monoisotopic (exact) mass is 466 g/mol. The lowest BCUT2D eigenvalue weighted by Gasteiger charge is -2.32. The zero-order chi connectivity index (χ0) is 22.5. The van der Waals surface area contributed by atoms with Gasteiger partial charge in [0.2, 0.25) is 5.91 Å². The zero-order valence-corrected chi connectivity index (χ0v) is 19.1. The number of benzene rings is 3. The molecule has 1 aliphatic rings. The van der Waals surface area contributed by atoms with Gasteiger partial charge in [-0.2, -0.15) is 0 Å². The van der Waals surface area contributed by atoms with Crippen LogP contribution in [0.1, 0.15) is 34.3 Å². The maximum atomic E-state index is 13.1. The van der Waals surface area contributed by atoms with Crippen molar-refractivity contribution in [2.45, 2.75) is 19.4 Å². The molecule has 0 unspecified atom stereocenters. The molecule has 1 amide bonds. The number of amides is 1. The van der Waals surface area contributed by atoms with E-state index >= 15 is 0 Å². The maximum absolute atomic E-state index is 13.1. The van der Waals surface area contributed by atoms with Crippen LogP contribution in [0.3, 0.4) is 0 Å². The number of nitrogens with zero attached hydrogens (tertiary/aromatic N) is 1. The molecular formula is C26H24Cl2N2O2. The predicted molar refractivity (Wildman–Crippen MR) is 129 cm³/mol. The summed E-state index contributed by atoms with van der Waals surface area (Å²) in [5, 5.41) is 4.16.